The molecule has 1 heterocycles. The minimum atomic E-state index is -0.888. The molecule has 0 aliphatic carbocycles. The topological polar surface area (TPSA) is 61.0 Å². The van der Waals surface area contributed by atoms with Gasteiger partial charge in [0.2, 0.25) is 5.82 Å². The summed E-state index contributed by atoms with van der Waals surface area (Å²) in [6.07, 6.45) is 1.62. The van der Waals surface area contributed by atoms with E-state index in [1.54, 1.807) is 13.2 Å². The summed E-state index contributed by atoms with van der Waals surface area (Å²) in [6.45, 7) is 3.71. The molecule has 2 aromatic rings. The number of halogens is 1. The Kier molecular flexibility index (Phi) is 2.63. The van der Waals surface area contributed by atoms with Gasteiger partial charge in [-0.3, -0.25) is 14.8 Å². The van der Waals surface area contributed by atoms with Gasteiger partial charge in [-0.05, 0) is 18.6 Å². The summed E-state index contributed by atoms with van der Waals surface area (Å²) in [5.74, 6) is -0.888. The molecule has 5 nitrogen and oxygen atoms in total. The molecule has 0 amide bonds. The average Bonchev–Trinajstić information content (AvgIpc) is 2.57. The minimum absolute atomic E-state index is 0.0878. The number of hydrogen-bond donors (Lipinski definition) is 0. The lowest BCUT2D eigenvalue weighted by atomic mass is 10.1. The maximum Gasteiger partial charge on any atom is 0.305 e. The van der Waals surface area contributed by atoms with E-state index < -0.39 is 16.4 Å². The molecular formula is C11H9FN3O2. The Morgan fingerprint density at radius 3 is 2.76 bits per heavy atom. The lowest BCUT2D eigenvalue weighted by molar-refractivity contribution is -0.387. The van der Waals surface area contributed by atoms with Crippen LogP contribution in [0.15, 0.2) is 24.4 Å². The highest BCUT2D eigenvalue weighted by atomic mass is 19.1. The quantitative estimate of drug-likeness (QED) is 0.591. The molecule has 0 bridgehead atoms. The lowest BCUT2D eigenvalue weighted by Gasteiger charge is -2.01. The second-order valence-corrected chi connectivity index (χ2v) is 3.57. The first-order valence-corrected chi connectivity index (χ1v) is 4.79. The number of hydrogen-bond acceptors (Lipinski definition) is 3. The molecule has 87 valence electrons. The molecule has 0 aliphatic rings. The van der Waals surface area contributed by atoms with Gasteiger partial charge in [-0.1, -0.05) is 6.07 Å². The highest BCUT2D eigenvalue weighted by molar-refractivity contribution is 5.67. The Hall–Kier alpha value is -2.24. The van der Waals surface area contributed by atoms with Crippen LogP contribution in [0.25, 0.3) is 11.3 Å². The Bertz CT molecular complexity index is 592. The Morgan fingerprint density at radius 1 is 1.53 bits per heavy atom. The van der Waals surface area contributed by atoms with Gasteiger partial charge in [0.1, 0.15) is 0 Å². The van der Waals surface area contributed by atoms with Crippen molar-refractivity contribution in [2.75, 3.05) is 0 Å². The maximum atomic E-state index is 13.9. The number of nitrogens with zero attached hydrogens (tertiary/aromatic N) is 3. The minimum Gasteiger partial charge on any atom is -0.275 e. The van der Waals surface area contributed by atoms with E-state index in [2.05, 4.69) is 12.0 Å². The van der Waals surface area contributed by atoms with Crippen molar-refractivity contribution in [1.29, 1.82) is 0 Å². The summed E-state index contributed by atoms with van der Waals surface area (Å²) >= 11 is 0. The van der Waals surface area contributed by atoms with E-state index >= 15 is 0 Å². The van der Waals surface area contributed by atoms with Crippen molar-refractivity contribution in [1.82, 2.24) is 9.78 Å². The van der Waals surface area contributed by atoms with Gasteiger partial charge < -0.3 is 0 Å². The van der Waals surface area contributed by atoms with Crippen molar-refractivity contribution >= 4 is 5.69 Å². The summed E-state index contributed by atoms with van der Waals surface area (Å²) < 4.78 is 15.4. The number of nitro groups is 1. The zero-order valence-electron chi connectivity index (χ0n) is 9.05. The first-order chi connectivity index (χ1) is 8.00. The Morgan fingerprint density at radius 2 is 2.24 bits per heavy atom. The third-order valence-electron chi connectivity index (χ3n) is 2.33. The van der Waals surface area contributed by atoms with Crippen LogP contribution in [0.3, 0.4) is 0 Å². The van der Waals surface area contributed by atoms with E-state index in [1.807, 2.05) is 0 Å². The Labute approximate surface area is 96.6 Å². The largest absolute Gasteiger partial charge is 0.305 e. The molecule has 2 rings (SSSR count). The number of benzene rings is 1. The van der Waals surface area contributed by atoms with Gasteiger partial charge in [-0.25, -0.2) is 0 Å². The van der Waals surface area contributed by atoms with Crippen molar-refractivity contribution in [3.8, 4) is 11.3 Å². The molecule has 6 heteroatoms. The fraction of sp³-hybridized carbons (Fsp3) is 0.0909. The molecular weight excluding hydrogens is 225 g/mol. The van der Waals surface area contributed by atoms with Crippen molar-refractivity contribution in [3.05, 3.63) is 52.8 Å². The number of aromatic nitrogens is 2. The Balaban J connectivity index is 2.64. The number of nitro benzene ring substituents is 1. The second-order valence-electron chi connectivity index (χ2n) is 3.57. The van der Waals surface area contributed by atoms with E-state index in [4.69, 9.17) is 0 Å². The van der Waals surface area contributed by atoms with Crippen LogP contribution in [-0.4, -0.2) is 14.7 Å². The van der Waals surface area contributed by atoms with Crippen LogP contribution in [0.1, 0.15) is 5.56 Å². The molecule has 1 aromatic heterocycles. The average molecular weight is 234 g/mol. The summed E-state index contributed by atoms with van der Waals surface area (Å²) in [6, 6.07) is 3.98. The molecule has 0 spiro atoms. The van der Waals surface area contributed by atoms with Gasteiger partial charge >= 0.3 is 5.69 Å². The van der Waals surface area contributed by atoms with Gasteiger partial charge in [-0.15, -0.1) is 0 Å². The third-order valence-corrected chi connectivity index (χ3v) is 2.33. The molecule has 17 heavy (non-hydrogen) atoms. The normalized spacial score (nSPS) is 10.5. The standard InChI is InChI=1S/C11H9FN3O2/c1-7-6-14(2)13-11(7)8-4-3-5-9(10(8)12)15(16)17/h3-6H,1H2,2H3. The van der Waals surface area contributed by atoms with Crippen molar-refractivity contribution in [2.24, 2.45) is 7.05 Å². The molecule has 1 radical (unpaired) electrons. The van der Waals surface area contributed by atoms with Gasteiger partial charge in [-0.2, -0.15) is 9.49 Å². The van der Waals surface area contributed by atoms with E-state index in [1.165, 1.54) is 16.8 Å². The van der Waals surface area contributed by atoms with Crippen LogP contribution < -0.4 is 0 Å². The smallest absolute Gasteiger partial charge is 0.275 e. The second kappa shape index (κ2) is 3.97. The number of aryl methyl sites for hydroxylation is 1. The highest BCUT2D eigenvalue weighted by Crippen LogP contribution is 2.29. The third kappa shape index (κ3) is 1.89. The first kappa shape index (κ1) is 11.3. The monoisotopic (exact) mass is 234 g/mol. The van der Waals surface area contributed by atoms with Crippen LogP contribution in [0.4, 0.5) is 10.1 Å². The predicted octanol–water partition coefficient (Wildman–Crippen LogP) is 2.32. The van der Waals surface area contributed by atoms with Gasteiger partial charge in [0.25, 0.3) is 0 Å². The molecule has 0 aliphatic heterocycles. The summed E-state index contributed by atoms with van der Waals surface area (Å²) in [5.41, 5.74) is 0.359. The maximum absolute atomic E-state index is 13.9. The molecule has 0 unspecified atom stereocenters. The van der Waals surface area contributed by atoms with Crippen molar-refractivity contribution < 1.29 is 9.31 Å². The summed E-state index contributed by atoms with van der Waals surface area (Å²) in [5, 5.41) is 14.7. The van der Waals surface area contributed by atoms with Crippen LogP contribution in [0.2, 0.25) is 0 Å². The summed E-state index contributed by atoms with van der Waals surface area (Å²) in [4.78, 5) is 9.86. The van der Waals surface area contributed by atoms with Crippen molar-refractivity contribution in [3.63, 3.8) is 0 Å². The molecule has 0 atom stereocenters. The predicted molar refractivity (Wildman–Crippen MR) is 59.7 cm³/mol. The lowest BCUT2D eigenvalue weighted by Crippen LogP contribution is -1.96. The molecule has 1 aromatic carbocycles. The molecule has 0 saturated heterocycles. The van der Waals surface area contributed by atoms with E-state index in [-0.39, 0.29) is 5.56 Å². The number of rotatable bonds is 2. The van der Waals surface area contributed by atoms with Gasteiger partial charge in [0.05, 0.1) is 10.6 Å². The fourth-order valence-electron chi connectivity index (χ4n) is 1.61. The summed E-state index contributed by atoms with van der Waals surface area (Å²) in [7, 11) is 1.67. The molecule has 0 N–H and O–H groups in total. The van der Waals surface area contributed by atoms with Crippen molar-refractivity contribution in [2.45, 2.75) is 0 Å². The first-order valence-electron chi connectivity index (χ1n) is 4.79. The zero-order chi connectivity index (χ0) is 12.6. The van der Waals surface area contributed by atoms with Crippen LogP contribution in [0, 0.1) is 22.9 Å². The van der Waals surface area contributed by atoms with E-state index in [9.17, 15) is 14.5 Å². The van der Waals surface area contributed by atoms with Gasteiger partial charge in [0, 0.05) is 24.9 Å². The van der Waals surface area contributed by atoms with Crippen LogP contribution in [0.5, 0.6) is 0 Å². The van der Waals surface area contributed by atoms with Crippen LogP contribution in [-0.2, 0) is 7.05 Å². The van der Waals surface area contributed by atoms with E-state index in [0.29, 0.717) is 11.3 Å². The van der Waals surface area contributed by atoms with Gasteiger partial charge in [0.15, 0.2) is 0 Å². The highest BCUT2D eigenvalue weighted by Gasteiger charge is 2.20. The SMILES string of the molecule is [CH2]c1cn(C)nc1-c1cccc([N+](=O)[O-])c1F. The molecule has 0 fully saturated rings. The molecule has 0 saturated carbocycles. The zero-order valence-corrected chi connectivity index (χ0v) is 9.05. The van der Waals surface area contributed by atoms with E-state index in [0.717, 1.165) is 6.07 Å². The fourth-order valence-corrected chi connectivity index (χ4v) is 1.61. The van der Waals surface area contributed by atoms with Crippen LogP contribution >= 0.6 is 0 Å².